The number of amides is 1. The summed E-state index contributed by atoms with van der Waals surface area (Å²) in [6.07, 6.45) is 7.32. The average Bonchev–Trinajstić information content (AvgIpc) is 2.94. The number of likely N-dealkylation sites (tertiary alicyclic amines) is 1. The van der Waals surface area contributed by atoms with Crippen LogP contribution in [-0.4, -0.2) is 47.9 Å². The van der Waals surface area contributed by atoms with Gasteiger partial charge in [0.2, 0.25) is 0 Å². The number of hydrogen-bond acceptors (Lipinski definition) is 5. The first-order chi connectivity index (χ1) is 11.2. The second-order valence-corrected chi connectivity index (χ2v) is 6.88. The zero-order chi connectivity index (χ0) is 15.8. The lowest BCUT2D eigenvalue weighted by Gasteiger charge is -2.16. The van der Waals surface area contributed by atoms with Gasteiger partial charge in [-0.25, -0.2) is 0 Å². The van der Waals surface area contributed by atoms with E-state index in [0.29, 0.717) is 17.5 Å². The van der Waals surface area contributed by atoms with Crippen LogP contribution in [0.15, 0.2) is 27.4 Å². The summed E-state index contributed by atoms with van der Waals surface area (Å²) < 4.78 is 5.27. The van der Waals surface area contributed by atoms with Gasteiger partial charge in [0.05, 0.1) is 5.70 Å². The quantitative estimate of drug-likeness (QED) is 0.902. The van der Waals surface area contributed by atoms with E-state index in [4.69, 9.17) is 4.52 Å². The Balaban J connectivity index is 1.34. The third-order valence-corrected chi connectivity index (χ3v) is 4.85. The molecule has 6 heteroatoms. The fraction of sp³-hybridized carbons (Fsp3) is 0.588. The molecule has 23 heavy (non-hydrogen) atoms. The highest BCUT2D eigenvalue weighted by Gasteiger charge is 2.33. The van der Waals surface area contributed by atoms with Crippen molar-refractivity contribution >= 4 is 12.1 Å². The molecule has 3 aliphatic rings. The van der Waals surface area contributed by atoms with Crippen LogP contribution in [0.4, 0.5) is 0 Å². The van der Waals surface area contributed by atoms with Gasteiger partial charge in [-0.1, -0.05) is 18.2 Å². The van der Waals surface area contributed by atoms with Crippen LogP contribution in [-0.2, 0) is 0 Å². The maximum absolute atomic E-state index is 12.4. The van der Waals surface area contributed by atoms with Gasteiger partial charge in [0, 0.05) is 50.3 Å². The van der Waals surface area contributed by atoms with Crippen molar-refractivity contribution in [2.75, 3.05) is 19.6 Å². The Bertz CT molecular complexity index is 659. The van der Waals surface area contributed by atoms with Gasteiger partial charge >= 0.3 is 0 Å². The molecule has 1 aliphatic carbocycles. The molecule has 122 valence electrons. The summed E-state index contributed by atoms with van der Waals surface area (Å²) in [7, 11) is 0. The van der Waals surface area contributed by atoms with Crippen molar-refractivity contribution in [2.45, 2.75) is 38.1 Å². The van der Waals surface area contributed by atoms with Crippen molar-refractivity contribution in [1.82, 2.24) is 15.4 Å². The third kappa shape index (κ3) is 3.22. The molecule has 1 aromatic heterocycles. The van der Waals surface area contributed by atoms with Crippen LogP contribution in [0, 0.1) is 5.92 Å². The van der Waals surface area contributed by atoms with Crippen LogP contribution in [0.1, 0.15) is 48.4 Å². The van der Waals surface area contributed by atoms with Crippen molar-refractivity contribution in [3.63, 3.8) is 0 Å². The van der Waals surface area contributed by atoms with Crippen LogP contribution in [0.5, 0.6) is 0 Å². The highest BCUT2D eigenvalue weighted by molar-refractivity contribution is 5.92. The van der Waals surface area contributed by atoms with Gasteiger partial charge in [0.15, 0.2) is 5.69 Å². The Kier molecular flexibility index (Phi) is 3.77. The number of allylic oxidation sites excluding steroid dienone is 1. The maximum Gasteiger partial charge on any atom is 0.273 e. The van der Waals surface area contributed by atoms with Gasteiger partial charge in [-0.05, 0) is 18.8 Å². The summed E-state index contributed by atoms with van der Waals surface area (Å²) in [5.41, 5.74) is 1.54. The molecule has 3 heterocycles. The van der Waals surface area contributed by atoms with Crippen LogP contribution in [0.2, 0.25) is 0 Å². The van der Waals surface area contributed by atoms with Crippen molar-refractivity contribution in [2.24, 2.45) is 10.9 Å². The van der Waals surface area contributed by atoms with E-state index in [-0.39, 0.29) is 11.9 Å². The molecule has 1 N–H and O–H groups in total. The van der Waals surface area contributed by atoms with E-state index in [1.54, 1.807) is 6.07 Å². The van der Waals surface area contributed by atoms with Crippen molar-refractivity contribution in [3.8, 4) is 0 Å². The lowest BCUT2D eigenvalue weighted by molar-refractivity contribution is 0.0922. The molecule has 6 nitrogen and oxygen atoms in total. The van der Waals surface area contributed by atoms with Gasteiger partial charge in [0.1, 0.15) is 5.76 Å². The molecule has 1 saturated heterocycles. The molecule has 0 radical (unpaired) electrons. The first-order valence-electron chi connectivity index (χ1n) is 8.40. The summed E-state index contributed by atoms with van der Waals surface area (Å²) in [6.45, 7) is 4.87. The lowest BCUT2D eigenvalue weighted by Crippen LogP contribution is -2.40. The summed E-state index contributed by atoms with van der Waals surface area (Å²) >= 11 is 0. The van der Waals surface area contributed by atoms with Gasteiger partial charge < -0.3 is 9.84 Å². The minimum Gasteiger partial charge on any atom is -0.360 e. The topological polar surface area (TPSA) is 70.7 Å². The predicted molar refractivity (Wildman–Crippen MR) is 86.5 cm³/mol. The van der Waals surface area contributed by atoms with Crippen LogP contribution in [0.25, 0.3) is 0 Å². The molecule has 2 atom stereocenters. The fourth-order valence-corrected chi connectivity index (χ4v) is 3.33. The van der Waals surface area contributed by atoms with E-state index in [1.807, 2.05) is 6.21 Å². The molecule has 2 aliphatic heterocycles. The fourth-order valence-electron chi connectivity index (χ4n) is 3.33. The smallest absolute Gasteiger partial charge is 0.273 e. The van der Waals surface area contributed by atoms with E-state index < -0.39 is 0 Å². The number of nitrogens with one attached hydrogen (secondary N) is 1. The summed E-state index contributed by atoms with van der Waals surface area (Å²) in [6, 6.07) is 1.94. The molecule has 0 unspecified atom stereocenters. The molecule has 2 fully saturated rings. The van der Waals surface area contributed by atoms with Gasteiger partial charge in [0.25, 0.3) is 5.91 Å². The Morgan fingerprint density at radius 2 is 2.30 bits per heavy atom. The largest absolute Gasteiger partial charge is 0.360 e. The second-order valence-electron chi connectivity index (χ2n) is 6.88. The first-order valence-corrected chi connectivity index (χ1v) is 8.40. The average molecular weight is 314 g/mol. The van der Waals surface area contributed by atoms with E-state index in [2.05, 4.69) is 33.4 Å². The zero-order valence-electron chi connectivity index (χ0n) is 13.4. The Morgan fingerprint density at radius 3 is 3.04 bits per heavy atom. The zero-order valence-corrected chi connectivity index (χ0v) is 13.4. The van der Waals surface area contributed by atoms with Crippen molar-refractivity contribution < 1.29 is 9.32 Å². The van der Waals surface area contributed by atoms with Crippen LogP contribution < -0.4 is 5.32 Å². The molecular formula is C17H22N4O2. The molecule has 1 amide bonds. The van der Waals surface area contributed by atoms with Crippen molar-refractivity contribution in [1.29, 1.82) is 0 Å². The normalized spacial score (nSPS) is 27.4. The monoisotopic (exact) mass is 314 g/mol. The SMILES string of the molecule is C[C@@H]1CN(CC2=CCC=N2)C[C@H]1NC(=O)c1cc(C2CC2)on1. The molecule has 4 rings (SSSR count). The number of nitrogens with zero attached hydrogens (tertiary/aromatic N) is 3. The van der Waals surface area contributed by atoms with Crippen molar-refractivity contribution in [3.05, 3.63) is 29.3 Å². The Hall–Kier alpha value is -1.95. The van der Waals surface area contributed by atoms with E-state index in [1.165, 1.54) is 0 Å². The first kappa shape index (κ1) is 14.6. The highest BCUT2D eigenvalue weighted by Crippen LogP contribution is 2.40. The summed E-state index contributed by atoms with van der Waals surface area (Å²) in [5, 5.41) is 7.03. The van der Waals surface area contributed by atoms with E-state index >= 15 is 0 Å². The number of hydrogen-bond donors (Lipinski definition) is 1. The van der Waals surface area contributed by atoms with Crippen LogP contribution in [0.3, 0.4) is 0 Å². The second kappa shape index (κ2) is 5.92. The number of aromatic nitrogens is 1. The summed E-state index contributed by atoms with van der Waals surface area (Å²) in [5.74, 6) is 1.62. The van der Waals surface area contributed by atoms with E-state index in [0.717, 1.165) is 50.4 Å². The minimum atomic E-state index is -0.127. The Labute approximate surface area is 135 Å². The number of carbonyl (C=O) groups excluding carboxylic acids is 1. The molecular weight excluding hydrogens is 292 g/mol. The maximum atomic E-state index is 12.4. The third-order valence-electron chi connectivity index (χ3n) is 4.85. The standard InChI is InChI=1S/C17H22N4O2/c1-11-8-21(9-13-3-2-6-18-13)10-15(11)19-17(22)14-7-16(23-20-14)12-4-5-12/h3,6-7,11-12,15H,2,4-5,8-10H2,1H3,(H,19,22)/t11-,15-/m1/s1. The number of rotatable bonds is 5. The van der Waals surface area contributed by atoms with Crippen LogP contribution >= 0.6 is 0 Å². The number of aliphatic imine (C=N–C) groups is 1. The predicted octanol–water partition coefficient (Wildman–Crippen LogP) is 1.96. The summed E-state index contributed by atoms with van der Waals surface area (Å²) in [4.78, 5) is 19.1. The minimum absolute atomic E-state index is 0.127. The van der Waals surface area contributed by atoms with E-state index in [9.17, 15) is 4.79 Å². The van der Waals surface area contributed by atoms with Gasteiger partial charge in [-0.15, -0.1) is 0 Å². The molecule has 0 aromatic carbocycles. The number of carbonyl (C=O) groups is 1. The van der Waals surface area contributed by atoms with Gasteiger partial charge in [-0.3, -0.25) is 14.7 Å². The lowest BCUT2D eigenvalue weighted by atomic mass is 10.1. The molecule has 0 bridgehead atoms. The highest BCUT2D eigenvalue weighted by atomic mass is 16.5. The Morgan fingerprint density at radius 1 is 1.43 bits per heavy atom. The molecule has 1 saturated carbocycles. The molecule has 0 spiro atoms. The molecule has 1 aromatic rings. The van der Waals surface area contributed by atoms with Gasteiger partial charge in [-0.2, -0.15) is 0 Å².